The second-order valence-corrected chi connectivity index (χ2v) is 3.78. The van der Waals surface area contributed by atoms with Crippen molar-refractivity contribution < 1.29 is 4.74 Å². The first-order chi connectivity index (χ1) is 7.65. The predicted octanol–water partition coefficient (Wildman–Crippen LogP) is 3.16. The number of ether oxygens (including phenoxy) is 1. The lowest BCUT2D eigenvalue weighted by Gasteiger charge is -2.06. The lowest BCUT2D eigenvalue weighted by Crippen LogP contribution is -1.97. The number of benzene rings is 1. The van der Waals surface area contributed by atoms with Gasteiger partial charge in [-0.25, -0.2) is 4.98 Å². The molecule has 1 heterocycles. The van der Waals surface area contributed by atoms with Gasteiger partial charge in [-0.3, -0.25) is 0 Å². The van der Waals surface area contributed by atoms with E-state index in [1.165, 1.54) is 6.20 Å². The highest BCUT2D eigenvalue weighted by atomic mass is 35.5. The number of nitrogens with zero attached hydrogens (tertiary/aromatic N) is 2. The van der Waals surface area contributed by atoms with E-state index in [4.69, 9.17) is 33.7 Å². The van der Waals surface area contributed by atoms with E-state index in [0.29, 0.717) is 10.8 Å². The second-order valence-electron chi connectivity index (χ2n) is 2.94. The Bertz CT molecular complexity index is 519. The normalized spacial score (nSPS) is 10.1. The number of halogens is 2. The van der Waals surface area contributed by atoms with E-state index in [9.17, 15) is 0 Å². The van der Waals surface area contributed by atoms with Crippen molar-refractivity contribution in [1.82, 2.24) is 9.97 Å². The van der Waals surface area contributed by atoms with Crippen molar-refractivity contribution in [3.05, 3.63) is 40.5 Å². The molecule has 0 saturated carbocycles. The summed E-state index contributed by atoms with van der Waals surface area (Å²) in [5.74, 6) is 0.838. The molecule has 0 saturated heterocycles. The zero-order chi connectivity index (χ0) is 11.5. The van der Waals surface area contributed by atoms with E-state index in [0.717, 1.165) is 0 Å². The van der Waals surface area contributed by atoms with E-state index in [1.807, 2.05) is 0 Å². The molecule has 0 spiro atoms. The Kier molecular flexibility index (Phi) is 3.12. The molecule has 4 nitrogen and oxygen atoms in total. The Labute approximate surface area is 102 Å². The summed E-state index contributed by atoms with van der Waals surface area (Å²) in [7, 11) is 0. The molecule has 0 aliphatic carbocycles. The van der Waals surface area contributed by atoms with E-state index >= 15 is 0 Å². The van der Waals surface area contributed by atoms with Crippen LogP contribution in [0.2, 0.25) is 10.0 Å². The molecule has 6 heteroatoms. The molecular weight excluding hydrogens is 249 g/mol. The monoisotopic (exact) mass is 255 g/mol. The van der Waals surface area contributed by atoms with E-state index in [-0.39, 0.29) is 16.9 Å². The highest BCUT2D eigenvalue weighted by Crippen LogP contribution is 2.28. The Morgan fingerprint density at radius 1 is 1.25 bits per heavy atom. The molecule has 0 fully saturated rings. The molecule has 0 aliphatic rings. The third-order valence-corrected chi connectivity index (χ3v) is 2.24. The summed E-state index contributed by atoms with van der Waals surface area (Å²) in [4.78, 5) is 7.59. The Balaban J connectivity index is 2.30. The molecule has 0 atom stereocenters. The number of hydrogen-bond donors (Lipinski definition) is 1. The van der Waals surface area contributed by atoms with Crippen LogP contribution in [0.4, 0.5) is 5.95 Å². The molecule has 0 unspecified atom stereocenters. The van der Waals surface area contributed by atoms with Crippen LogP contribution in [-0.2, 0) is 0 Å². The van der Waals surface area contributed by atoms with Gasteiger partial charge in [0.25, 0.3) is 0 Å². The predicted molar refractivity (Wildman–Crippen MR) is 63.0 cm³/mol. The molecule has 2 N–H and O–H groups in total. The van der Waals surface area contributed by atoms with Crippen molar-refractivity contribution in [2.24, 2.45) is 0 Å². The molecule has 1 aromatic heterocycles. The number of anilines is 1. The van der Waals surface area contributed by atoms with Crippen molar-refractivity contribution >= 4 is 29.2 Å². The first kappa shape index (κ1) is 11.0. The third kappa shape index (κ3) is 2.53. The zero-order valence-electron chi connectivity index (χ0n) is 8.02. The minimum atomic E-state index is 0.0985. The van der Waals surface area contributed by atoms with Crippen LogP contribution in [0.15, 0.2) is 30.5 Å². The van der Waals surface area contributed by atoms with Gasteiger partial charge >= 0.3 is 0 Å². The van der Waals surface area contributed by atoms with Crippen LogP contribution >= 0.6 is 23.2 Å². The van der Waals surface area contributed by atoms with Gasteiger partial charge in [0.1, 0.15) is 10.8 Å². The number of rotatable bonds is 2. The van der Waals surface area contributed by atoms with Crippen LogP contribution in [0.3, 0.4) is 0 Å². The smallest absolute Gasteiger partial charge is 0.243 e. The molecule has 0 aliphatic heterocycles. The number of nitrogens with two attached hydrogens (primary N) is 1. The maximum atomic E-state index is 5.85. The minimum Gasteiger partial charge on any atom is -0.437 e. The van der Waals surface area contributed by atoms with Crippen molar-refractivity contribution in [2.75, 3.05) is 5.73 Å². The standard InChI is InChI=1S/C10H7Cl2N3O/c11-6-2-1-3-7(4-6)16-9-8(12)5-14-10(13)15-9/h1-5H,(H2,13,14,15). The molecule has 1 aromatic carbocycles. The molecule has 0 bridgehead atoms. The van der Waals surface area contributed by atoms with Gasteiger partial charge in [0, 0.05) is 5.02 Å². The van der Waals surface area contributed by atoms with Gasteiger partial charge in [0.15, 0.2) is 0 Å². The lowest BCUT2D eigenvalue weighted by molar-refractivity contribution is 0.463. The summed E-state index contributed by atoms with van der Waals surface area (Å²) >= 11 is 11.7. The maximum Gasteiger partial charge on any atom is 0.243 e. The fraction of sp³-hybridized carbons (Fsp3) is 0. The van der Waals surface area contributed by atoms with Gasteiger partial charge in [0.2, 0.25) is 11.8 Å². The highest BCUT2D eigenvalue weighted by Gasteiger charge is 2.06. The number of hydrogen-bond acceptors (Lipinski definition) is 4. The highest BCUT2D eigenvalue weighted by molar-refractivity contribution is 6.31. The van der Waals surface area contributed by atoms with E-state index in [1.54, 1.807) is 24.3 Å². The van der Waals surface area contributed by atoms with Crippen molar-refractivity contribution in [2.45, 2.75) is 0 Å². The van der Waals surface area contributed by atoms with E-state index in [2.05, 4.69) is 9.97 Å². The molecule has 0 amide bonds. The average molecular weight is 256 g/mol. The van der Waals surface area contributed by atoms with Crippen LogP contribution in [0.1, 0.15) is 0 Å². The summed E-state index contributed by atoms with van der Waals surface area (Å²) in [6.45, 7) is 0. The second kappa shape index (κ2) is 4.55. The molecule has 82 valence electrons. The van der Waals surface area contributed by atoms with Gasteiger partial charge in [0.05, 0.1) is 6.20 Å². The Morgan fingerprint density at radius 3 is 2.81 bits per heavy atom. The van der Waals surface area contributed by atoms with Gasteiger partial charge in [-0.2, -0.15) is 4.98 Å². The first-order valence-electron chi connectivity index (χ1n) is 4.36. The molecule has 2 rings (SSSR count). The third-order valence-electron chi connectivity index (χ3n) is 1.74. The van der Waals surface area contributed by atoms with Crippen LogP contribution in [0.25, 0.3) is 0 Å². The first-order valence-corrected chi connectivity index (χ1v) is 5.12. The molecular formula is C10H7Cl2N3O. The van der Waals surface area contributed by atoms with Gasteiger partial charge in [-0.05, 0) is 18.2 Å². The Morgan fingerprint density at radius 2 is 2.06 bits per heavy atom. The molecule has 16 heavy (non-hydrogen) atoms. The molecule has 0 radical (unpaired) electrons. The van der Waals surface area contributed by atoms with Crippen LogP contribution in [0.5, 0.6) is 11.6 Å². The van der Waals surface area contributed by atoms with Gasteiger partial charge < -0.3 is 10.5 Å². The largest absolute Gasteiger partial charge is 0.437 e. The summed E-state index contributed by atoms with van der Waals surface area (Å²) in [6, 6.07) is 6.89. The SMILES string of the molecule is Nc1ncc(Cl)c(Oc2cccc(Cl)c2)n1. The maximum absolute atomic E-state index is 5.85. The summed E-state index contributed by atoms with van der Waals surface area (Å²) in [5, 5.41) is 0.852. The fourth-order valence-electron chi connectivity index (χ4n) is 1.08. The van der Waals surface area contributed by atoms with Crippen LogP contribution in [-0.4, -0.2) is 9.97 Å². The summed E-state index contributed by atoms with van der Waals surface area (Å²) < 4.78 is 5.42. The average Bonchev–Trinajstić information content (AvgIpc) is 2.24. The minimum absolute atomic E-state index is 0.0985. The van der Waals surface area contributed by atoms with Crippen molar-refractivity contribution in [3.8, 4) is 11.6 Å². The number of nitrogen functional groups attached to an aromatic ring is 1. The van der Waals surface area contributed by atoms with Crippen LogP contribution < -0.4 is 10.5 Å². The van der Waals surface area contributed by atoms with Crippen molar-refractivity contribution in [3.63, 3.8) is 0 Å². The van der Waals surface area contributed by atoms with Gasteiger partial charge in [-0.15, -0.1) is 0 Å². The summed E-state index contributed by atoms with van der Waals surface area (Å²) in [5.41, 5.74) is 5.42. The Hall–Kier alpha value is -1.52. The topological polar surface area (TPSA) is 61.0 Å². The number of aromatic nitrogens is 2. The molecule has 2 aromatic rings. The summed E-state index contributed by atoms with van der Waals surface area (Å²) in [6.07, 6.45) is 1.38. The van der Waals surface area contributed by atoms with E-state index < -0.39 is 0 Å². The lowest BCUT2D eigenvalue weighted by atomic mass is 10.3. The van der Waals surface area contributed by atoms with Gasteiger partial charge in [-0.1, -0.05) is 29.3 Å². The van der Waals surface area contributed by atoms with Crippen LogP contribution in [0, 0.1) is 0 Å². The quantitative estimate of drug-likeness (QED) is 0.896. The zero-order valence-corrected chi connectivity index (χ0v) is 9.53. The van der Waals surface area contributed by atoms with Crippen molar-refractivity contribution in [1.29, 1.82) is 0 Å². The fourth-order valence-corrected chi connectivity index (χ4v) is 1.39.